The Kier molecular flexibility index (Phi) is 9.79. The van der Waals surface area contributed by atoms with E-state index in [1.807, 2.05) is 25.1 Å². The van der Waals surface area contributed by atoms with Crippen molar-refractivity contribution in [3.05, 3.63) is 58.1 Å². The molecule has 2 bridgehead atoms. The average molecular weight is 697 g/mol. The van der Waals surface area contributed by atoms with Crippen LogP contribution in [0.5, 0.6) is 5.75 Å². The van der Waals surface area contributed by atoms with Gasteiger partial charge in [0.25, 0.3) is 5.91 Å². The minimum absolute atomic E-state index is 0.0509. The monoisotopic (exact) mass is 696 g/mol. The van der Waals surface area contributed by atoms with E-state index in [4.69, 9.17) is 16.3 Å². The number of benzene rings is 2. The fourth-order valence-electron chi connectivity index (χ4n) is 9.31. The van der Waals surface area contributed by atoms with Gasteiger partial charge >= 0.3 is 0 Å². The van der Waals surface area contributed by atoms with Crippen molar-refractivity contribution in [2.45, 2.75) is 75.9 Å². The Morgan fingerprint density at radius 2 is 1.81 bits per heavy atom. The highest BCUT2D eigenvalue weighted by Crippen LogP contribution is 2.48. The Morgan fingerprint density at radius 3 is 2.58 bits per heavy atom. The van der Waals surface area contributed by atoms with E-state index < -0.39 is 21.2 Å². The number of aryl methyl sites for hydroxylation is 1. The van der Waals surface area contributed by atoms with E-state index >= 15 is 0 Å². The minimum atomic E-state index is -3.85. The number of hydrogen-bond donors (Lipinski definition) is 1. The first kappa shape index (κ1) is 34.1. The van der Waals surface area contributed by atoms with E-state index in [1.54, 1.807) is 13.0 Å². The van der Waals surface area contributed by atoms with E-state index in [0.717, 1.165) is 101 Å². The molecular weight excluding hydrogens is 644 g/mol. The highest BCUT2D eigenvalue weighted by atomic mass is 35.5. The highest BCUT2D eigenvalue weighted by molar-refractivity contribution is 7.90. The standard InChI is InChI=1S/C38H53ClN4O4S/c1-26-6-4-7-30(22-42-18-16-41(3)17-19-42)33-12-9-31(33)23-43-24-38(15-5-8-28-20-32(39)11-13-34(28)38)25-47-36-14-10-29(21-35(36)43)37(44)40-48(45,46)27(26)2/h10-11,13-14,20-21,26-27,30-31,33H,4-9,12,15-19,22-25H2,1-3H3,(H,40,44)/t26-,27+,30?,31-,33-,38-/m0/s1. The fraction of sp³-hybridized carbons (Fsp3) is 0.658. The van der Waals surface area contributed by atoms with Gasteiger partial charge in [-0.2, -0.15) is 0 Å². The zero-order valence-electron chi connectivity index (χ0n) is 28.9. The van der Waals surface area contributed by atoms with Crippen LogP contribution in [0.4, 0.5) is 5.69 Å². The third kappa shape index (κ3) is 6.86. The number of rotatable bonds is 2. The molecule has 1 unspecified atom stereocenters. The number of carbonyl (C=O) groups is 1. The lowest BCUT2D eigenvalue weighted by Gasteiger charge is -2.48. The van der Waals surface area contributed by atoms with Crippen LogP contribution in [-0.2, 0) is 21.9 Å². The topological polar surface area (TPSA) is 82.2 Å². The van der Waals surface area contributed by atoms with Crippen LogP contribution >= 0.6 is 11.6 Å². The van der Waals surface area contributed by atoms with Crippen LogP contribution in [-0.4, -0.2) is 88.8 Å². The van der Waals surface area contributed by atoms with Crippen LogP contribution in [0.2, 0.25) is 5.02 Å². The van der Waals surface area contributed by atoms with E-state index in [-0.39, 0.29) is 11.3 Å². The summed E-state index contributed by atoms with van der Waals surface area (Å²) < 4.78 is 36.1. The maximum Gasteiger partial charge on any atom is 0.264 e. The van der Waals surface area contributed by atoms with Gasteiger partial charge in [0.05, 0.1) is 17.5 Å². The first-order chi connectivity index (χ1) is 23.0. The summed E-state index contributed by atoms with van der Waals surface area (Å²) >= 11 is 6.48. The molecule has 2 fully saturated rings. The molecule has 2 aromatic carbocycles. The number of anilines is 1. The summed E-state index contributed by atoms with van der Waals surface area (Å²) in [6.45, 7) is 11.6. The summed E-state index contributed by atoms with van der Waals surface area (Å²) in [6.07, 6.45) is 8.51. The second-order valence-corrected chi connectivity index (χ2v) is 18.2. The molecular formula is C38H53ClN4O4S. The van der Waals surface area contributed by atoms with E-state index in [1.165, 1.54) is 24.0 Å². The van der Waals surface area contributed by atoms with Crippen molar-refractivity contribution in [2.24, 2.45) is 23.7 Å². The summed E-state index contributed by atoms with van der Waals surface area (Å²) in [4.78, 5) is 21.1. The van der Waals surface area contributed by atoms with Gasteiger partial charge in [0.15, 0.2) is 0 Å². The number of nitrogens with zero attached hydrogens (tertiary/aromatic N) is 3. The van der Waals surface area contributed by atoms with Gasteiger partial charge in [-0.05, 0) is 124 Å². The molecule has 0 radical (unpaired) electrons. The quantitative estimate of drug-likeness (QED) is 0.415. The molecule has 48 heavy (non-hydrogen) atoms. The normalized spacial score (nSPS) is 33.0. The van der Waals surface area contributed by atoms with Crippen LogP contribution in [0.15, 0.2) is 36.4 Å². The van der Waals surface area contributed by atoms with Gasteiger partial charge in [-0.25, -0.2) is 13.1 Å². The predicted octanol–water partition coefficient (Wildman–Crippen LogP) is 5.97. The molecule has 1 saturated heterocycles. The number of amides is 1. The highest BCUT2D eigenvalue weighted by Gasteiger charge is 2.45. The second-order valence-electron chi connectivity index (χ2n) is 15.7. The fourth-order valence-corrected chi connectivity index (χ4v) is 10.8. The van der Waals surface area contributed by atoms with Gasteiger partial charge in [-0.1, -0.05) is 31.0 Å². The zero-order chi connectivity index (χ0) is 33.6. The van der Waals surface area contributed by atoms with Gasteiger partial charge in [0.1, 0.15) is 5.75 Å². The van der Waals surface area contributed by atoms with E-state index in [2.05, 4.69) is 38.6 Å². The molecule has 1 spiro atoms. The molecule has 0 aromatic heterocycles. The number of hydrogen-bond acceptors (Lipinski definition) is 7. The predicted molar refractivity (Wildman–Crippen MR) is 193 cm³/mol. The summed E-state index contributed by atoms with van der Waals surface area (Å²) in [5, 5.41) is 0.106. The van der Waals surface area contributed by atoms with Crippen LogP contribution < -0.4 is 14.4 Å². The number of ether oxygens (including phenoxy) is 1. The van der Waals surface area contributed by atoms with Crippen molar-refractivity contribution in [1.29, 1.82) is 0 Å². The Morgan fingerprint density at radius 1 is 1.00 bits per heavy atom. The van der Waals surface area contributed by atoms with Crippen molar-refractivity contribution in [3.8, 4) is 5.75 Å². The number of likely N-dealkylation sites (N-methyl/N-ethyl adjacent to an activating group) is 1. The van der Waals surface area contributed by atoms with Crippen molar-refractivity contribution in [3.63, 3.8) is 0 Å². The molecule has 6 atom stereocenters. The third-order valence-electron chi connectivity index (χ3n) is 12.7. The molecule has 1 saturated carbocycles. The van der Waals surface area contributed by atoms with Crippen molar-refractivity contribution < 1.29 is 17.9 Å². The summed E-state index contributed by atoms with van der Waals surface area (Å²) in [6, 6.07) is 11.8. The molecule has 8 nitrogen and oxygen atoms in total. The second kappa shape index (κ2) is 13.8. The first-order valence-corrected chi connectivity index (χ1v) is 20.2. The van der Waals surface area contributed by atoms with E-state index in [9.17, 15) is 13.2 Å². The van der Waals surface area contributed by atoms with Crippen molar-refractivity contribution in [2.75, 3.05) is 64.4 Å². The first-order valence-electron chi connectivity index (χ1n) is 18.3. The average Bonchev–Trinajstić information content (AvgIpc) is 3.19. The number of sulfonamides is 1. The minimum Gasteiger partial charge on any atom is -0.490 e. The molecule has 3 heterocycles. The lowest BCUT2D eigenvalue weighted by atomic mass is 9.65. The SMILES string of the molecule is C[C@@H]1[C@@H](C)CCCC(CN2CCN(C)CC2)[C@@H]2CC[C@H]2CN2C[C@@]3(CCCc4cc(Cl)ccc43)COc3ccc(cc32)C(=O)NS1(=O)=O. The molecule has 3 aliphatic heterocycles. The largest absolute Gasteiger partial charge is 0.490 e. The number of carbonyl (C=O) groups excluding carboxylic acids is 1. The zero-order valence-corrected chi connectivity index (χ0v) is 30.5. The molecule has 262 valence electrons. The van der Waals surface area contributed by atoms with Gasteiger partial charge < -0.3 is 19.4 Å². The van der Waals surface area contributed by atoms with Crippen LogP contribution in [0.25, 0.3) is 0 Å². The lowest BCUT2D eigenvalue weighted by molar-refractivity contribution is 0.0536. The molecule has 1 amide bonds. The maximum atomic E-state index is 13.5. The molecule has 7 rings (SSSR count). The van der Waals surface area contributed by atoms with E-state index in [0.29, 0.717) is 29.9 Å². The summed E-state index contributed by atoms with van der Waals surface area (Å²) in [5.74, 6) is 1.90. The van der Waals surface area contributed by atoms with Gasteiger partial charge in [0.2, 0.25) is 10.0 Å². The Labute approximate surface area is 292 Å². The Balaban J connectivity index is 1.26. The molecule has 1 N–H and O–H groups in total. The molecule has 5 aliphatic rings. The van der Waals surface area contributed by atoms with Crippen molar-refractivity contribution in [1.82, 2.24) is 14.5 Å². The van der Waals surface area contributed by atoms with Crippen molar-refractivity contribution >= 4 is 33.2 Å². The molecule has 10 heteroatoms. The smallest absolute Gasteiger partial charge is 0.264 e. The summed E-state index contributed by atoms with van der Waals surface area (Å²) in [7, 11) is -1.64. The molecule has 2 aromatic rings. The number of nitrogens with one attached hydrogen (secondary N) is 1. The van der Waals surface area contributed by atoms with Gasteiger partial charge in [-0.15, -0.1) is 0 Å². The van der Waals surface area contributed by atoms with Gasteiger partial charge in [0, 0.05) is 61.8 Å². The Bertz CT molecular complexity index is 1610. The molecule has 2 aliphatic carbocycles. The summed E-state index contributed by atoms with van der Waals surface area (Å²) in [5.41, 5.74) is 3.67. The van der Waals surface area contributed by atoms with Gasteiger partial charge in [-0.3, -0.25) is 4.79 Å². The maximum absolute atomic E-state index is 13.5. The van der Waals surface area contributed by atoms with Crippen LogP contribution in [0.1, 0.15) is 80.3 Å². The van der Waals surface area contributed by atoms with Crippen LogP contribution in [0.3, 0.4) is 0 Å². The number of fused-ring (bicyclic) bond motifs is 4. The lowest BCUT2D eigenvalue weighted by Crippen LogP contribution is -2.51. The number of halogens is 1. The van der Waals surface area contributed by atoms with Crippen LogP contribution in [0, 0.1) is 23.7 Å². The third-order valence-corrected chi connectivity index (χ3v) is 14.8. The Hall–Kier alpha value is -2.33. The number of piperazine rings is 1.